The topological polar surface area (TPSA) is 103 Å². The molecule has 2 heterocycles. The molecule has 0 saturated carbocycles. The second kappa shape index (κ2) is 5.99. The highest BCUT2D eigenvalue weighted by molar-refractivity contribution is 9.10. The molecule has 0 aliphatic rings. The zero-order valence-electron chi connectivity index (χ0n) is 13.6. The minimum atomic E-state index is -0.657. The van der Waals surface area contributed by atoms with Crippen molar-refractivity contribution in [2.45, 2.75) is 6.92 Å². The molecule has 26 heavy (non-hydrogen) atoms. The summed E-state index contributed by atoms with van der Waals surface area (Å²) in [6.07, 6.45) is 1.26. The molecule has 2 aromatic heterocycles. The van der Waals surface area contributed by atoms with Crippen molar-refractivity contribution in [3.63, 3.8) is 0 Å². The maximum absolute atomic E-state index is 12.7. The standard InChI is InChI=1S/C18H13BrN4O3/c1-9-5-6-13-11(7-9)14-15(21-13)17(25)23(18(26)22-14)20-8-10-3-2-4-12(19)16(10)24/h2-8,21,24H,1H3,(H,22,26). The van der Waals surface area contributed by atoms with Gasteiger partial charge in [-0.25, -0.2) is 4.79 Å². The van der Waals surface area contributed by atoms with Gasteiger partial charge in [0.1, 0.15) is 11.3 Å². The van der Waals surface area contributed by atoms with Crippen molar-refractivity contribution in [1.82, 2.24) is 14.6 Å². The van der Waals surface area contributed by atoms with Crippen molar-refractivity contribution >= 4 is 44.1 Å². The van der Waals surface area contributed by atoms with Gasteiger partial charge in [0.05, 0.1) is 16.2 Å². The Morgan fingerprint density at radius 1 is 1.15 bits per heavy atom. The summed E-state index contributed by atoms with van der Waals surface area (Å²) in [7, 11) is 0. The lowest BCUT2D eigenvalue weighted by atomic mass is 10.2. The van der Waals surface area contributed by atoms with E-state index in [1.807, 2.05) is 25.1 Å². The lowest BCUT2D eigenvalue weighted by Gasteiger charge is -2.01. The molecule has 0 aliphatic carbocycles. The third-order valence-electron chi connectivity index (χ3n) is 4.11. The first kappa shape index (κ1) is 16.3. The number of benzene rings is 2. The Balaban J connectivity index is 1.92. The van der Waals surface area contributed by atoms with Crippen molar-refractivity contribution in [2.24, 2.45) is 5.10 Å². The minimum Gasteiger partial charge on any atom is -0.506 e. The van der Waals surface area contributed by atoms with Crippen LogP contribution in [0.4, 0.5) is 0 Å². The second-order valence-corrected chi connectivity index (χ2v) is 6.75. The van der Waals surface area contributed by atoms with E-state index in [-0.39, 0.29) is 11.3 Å². The van der Waals surface area contributed by atoms with Crippen LogP contribution >= 0.6 is 15.9 Å². The average molecular weight is 413 g/mol. The van der Waals surface area contributed by atoms with Gasteiger partial charge >= 0.3 is 11.2 Å². The highest BCUT2D eigenvalue weighted by atomic mass is 79.9. The van der Waals surface area contributed by atoms with Gasteiger partial charge in [-0.1, -0.05) is 17.7 Å². The lowest BCUT2D eigenvalue weighted by molar-refractivity contribution is 0.471. The Labute approximate surface area is 154 Å². The van der Waals surface area contributed by atoms with Gasteiger partial charge in [-0.2, -0.15) is 5.10 Å². The fourth-order valence-electron chi connectivity index (χ4n) is 2.82. The highest BCUT2D eigenvalue weighted by Crippen LogP contribution is 2.26. The number of nitrogens with one attached hydrogen (secondary N) is 2. The summed E-state index contributed by atoms with van der Waals surface area (Å²) < 4.78 is 1.22. The Morgan fingerprint density at radius 3 is 2.77 bits per heavy atom. The molecule has 8 heteroatoms. The van der Waals surface area contributed by atoms with E-state index in [0.717, 1.165) is 21.1 Å². The average Bonchev–Trinajstić information content (AvgIpc) is 2.96. The molecule has 4 rings (SSSR count). The van der Waals surface area contributed by atoms with Gasteiger partial charge < -0.3 is 15.1 Å². The van der Waals surface area contributed by atoms with Crippen LogP contribution in [0.2, 0.25) is 0 Å². The first-order valence-electron chi connectivity index (χ1n) is 7.75. The van der Waals surface area contributed by atoms with E-state index in [1.54, 1.807) is 18.2 Å². The molecule has 4 aromatic rings. The Morgan fingerprint density at radius 2 is 1.96 bits per heavy atom. The number of aromatic hydroxyl groups is 1. The Kier molecular flexibility index (Phi) is 3.77. The highest BCUT2D eigenvalue weighted by Gasteiger charge is 2.13. The van der Waals surface area contributed by atoms with Gasteiger partial charge in [-0.15, -0.1) is 4.68 Å². The SMILES string of the molecule is Cc1ccc2[nH]c3c(=O)n(N=Cc4cccc(Br)c4O)c(=O)[nH]c3c2c1. The molecule has 0 unspecified atom stereocenters. The van der Waals surface area contributed by atoms with Crippen LogP contribution in [0.1, 0.15) is 11.1 Å². The number of aryl methyl sites for hydroxylation is 1. The fraction of sp³-hybridized carbons (Fsp3) is 0.0556. The molecule has 0 atom stereocenters. The minimum absolute atomic E-state index is 0.0251. The molecule has 0 radical (unpaired) electrons. The smallest absolute Gasteiger partial charge is 0.350 e. The van der Waals surface area contributed by atoms with E-state index < -0.39 is 11.2 Å². The van der Waals surface area contributed by atoms with E-state index in [1.165, 1.54) is 6.21 Å². The Bertz CT molecular complexity index is 1310. The molecule has 0 amide bonds. The molecule has 2 aromatic carbocycles. The normalized spacial score (nSPS) is 11.8. The number of fused-ring (bicyclic) bond motifs is 3. The molecule has 7 nitrogen and oxygen atoms in total. The number of hydrogen-bond donors (Lipinski definition) is 3. The number of H-pyrrole nitrogens is 2. The third kappa shape index (κ3) is 2.55. The van der Waals surface area contributed by atoms with E-state index in [9.17, 15) is 14.7 Å². The van der Waals surface area contributed by atoms with Crippen LogP contribution in [0.5, 0.6) is 5.75 Å². The van der Waals surface area contributed by atoms with Crippen LogP contribution in [0.15, 0.2) is 55.6 Å². The Hall–Kier alpha value is -3.13. The number of hydrogen-bond acceptors (Lipinski definition) is 4. The largest absolute Gasteiger partial charge is 0.506 e. The maximum Gasteiger partial charge on any atom is 0.350 e. The second-order valence-electron chi connectivity index (χ2n) is 5.89. The summed E-state index contributed by atoms with van der Waals surface area (Å²) in [5, 5.41) is 14.7. The van der Waals surface area contributed by atoms with E-state index >= 15 is 0 Å². The van der Waals surface area contributed by atoms with Gasteiger partial charge in [-0.3, -0.25) is 4.79 Å². The zero-order valence-corrected chi connectivity index (χ0v) is 15.2. The van der Waals surface area contributed by atoms with Gasteiger partial charge in [0.2, 0.25) is 0 Å². The summed E-state index contributed by atoms with van der Waals surface area (Å²) in [6, 6.07) is 10.7. The zero-order chi connectivity index (χ0) is 18.4. The first-order valence-corrected chi connectivity index (χ1v) is 8.54. The van der Waals surface area contributed by atoms with Crippen molar-refractivity contribution in [3.05, 3.63) is 72.8 Å². The van der Waals surface area contributed by atoms with Gasteiger partial charge in [0, 0.05) is 16.5 Å². The predicted octanol–water partition coefficient (Wildman–Crippen LogP) is 2.83. The van der Waals surface area contributed by atoms with Gasteiger partial charge in [-0.05, 0) is 47.1 Å². The molecule has 0 saturated heterocycles. The summed E-state index contributed by atoms with van der Waals surface area (Å²) in [4.78, 5) is 30.8. The molecule has 0 spiro atoms. The third-order valence-corrected chi connectivity index (χ3v) is 4.75. The molecular weight excluding hydrogens is 400 g/mol. The fourth-order valence-corrected chi connectivity index (χ4v) is 3.20. The van der Waals surface area contributed by atoms with E-state index in [0.29, 0.717) is 15.6 Å². The number of phenolic OH excluding ortho intramolecular Hbond substituents is 1. The number of phenols is 1. The first-order chi connectivity index (χ1) is 12.5. The van der Waals surface area contributed by atoms with Crippen molar-refractivity contribution < 1.29 is 5.11 Å². The van der Waals surface area contributed by atoms with Crippen LogP contribution in [-0.4, -0.2) is 26.0 Å². The van der Waals surface area contributed by atoms with Gasteiger partial charge in [0.25, 0.3) is 0 Å². The lowest BCUT2D eigenvalue weighted by Crippen LogP contribution is -2.32. The quantitative estimate of drug-likeness (QED) is 0.441. The molecule has 0 bridgehead atoms. The summed E-state index contributed by atoms with van der Waals surface area (Å²) in [6.45, 7) is 1.94. The number of halogens is 1. The summed E-state index contributed by atoms with van der Waals surface area (Å²) in [5.74, 6) is -0.0251. The number of para-hydroxylation sites is 1. The van der Waals surface area contributed by atoms with E-state index in [4.69, 9.17) is 0 Å². The molecule has 0 aliphatic heterocycles. The predicted molar refractivity (Wildman–Crippen MR) is 104 cm³/mol. The van der Waals surface area contributed by atoms with Crippen molar-refractivity contribution in [2.75, 3.05) is 0 Å². The summed E-state index contributed by atoms with van der Waals surface area (Å²) in [5.41, 5.74) is 1.64. The van der Waals surface area contributed by atoms with Crippen LogP contribution in [0.25, 0.3) is 21.9 Å². The number of rotatable bonds is 2. The van der Waals surface area contributed by atoms with Gasteiger partial charge in [0.15, 0.2) is 0 Å². The van der Waals surface area contributed by atoms with Crippen LogP contribution in [-0.2, 0) is 0 Å². The maximum atomic E-state index is 12.7. The number of aromatic nitrogens is 3. The van der Waals surface area contributed by atoms with Crippen molar-refractivity contribution in [1.29, 1.82) is 0 Å². The van der Waals surface area contributed by atoms with E-state index in [2.05, 4.69) is 31.0 Å². The molecular formula is C18H13BrN4O3. The molecule has 130 valence electrons. The van der Waals surface area contributed by atoms with Crippen LogP contribution in [0, 0.1) is 6.92 Å². The molecule has 0 fully saturated rings. The monoisotopic (exact) mass is 412 g/mol. The van der Waals surface area contributed by atoms with Crippen LogP contribution < -0.4 is 11.2 Å². The summed E-state index contributed by atoms with van der Waals surface area (Å²) >= 11 is 3.21. The van der Waals surface area contributed by atoms with Crippen LogP contribution in [0.3, 0.4) is 0 Å². The number of aromatic amines is 2. The number of nitrogens with zero attached hydrogens (tertiary/aromatic N) is 2. The van der Waals surface area contributed by atoms with Crippen molar-refractivity contribution in [3.8, 4) is 5.75 Å². The molecule has 3 N–H and O–H groups in total.